The van der Waals surface area contributed by atoms with Gasteiger partial charge in [-0.1, -0.05) is 11.6 Å². The molecular formula is C25H20ClN5O4S. The number of thiophene rings is 1. The first-order valence-corrected chi connectivity index (χ1v) is 12.4. The van der Waals surface area contributed by atoms with E-state index in [1.807, 2.05) is 12.1 Å². The van der Waals surface area contributed by atoms with E-state index in [2.05, 4.69) is 14.9 Å². The molecule has 0 unspecified atom stereocenters. The zero-order valence-corrected chi connectivity index (χ0v) is 20.7. The number of H-pyrrole nitrogens is 1. The van der Waals surface area contributed by atoms with E-state index in [1.54, 1.807) is 37.6 Å². The second kappa shape index (κ2) is 9.05. The van der Waals surface area contributed by atoms with E-state index in [1.165, 1.54) is 17.5 Å². The molecule has 36 heavy (non-hydrogen) atoms. The summed E-state index contributed by atoms with van der Waals surface area (Å²) in [6, 6.07) is 10.9. The maximum atomic E-state index is 13.6. The minimum absolute atomic E-state index is 0.324. The number of anilines is 1. The molecule has 1 N–H and O–H groups in total. The fourth-order valence-corrected chi connectivity index (χ4v) is 5.68. The van der Waals surface area contributed by atoms with Crippen molar-refractivity contribution in [2.75, 3.05) is 38.3 Å². The Labute approximate surface area is 213 Å². The zero-order chi connectivity index (χ0) is 24.8. The SMILES string of the molecule is COc1ccc(Cl)c(-c2cc3[nH]c(=O)n(-c4cncc5ccc(N6CCOCC6)nc45)c(=O)c3s2)c1. The fourth-order valence-electron chi connectivity index (χ4n) is 4.33. The molecule has 0 amide bonds. The van der Waals surface area contributed by atoms with Gasteiger partial charge in [0.15, 0.2) is 0 Å². The van der Waals surface area contributed by atoms with Gasteiger partial charge < -0.3 is 19.4 Å². The summed E-state index contributed by atoms with van der Waals surface area (Å²) >= 11 is 7.68. The average molecular weight is 522 g/mol. The van der Waals surface area contributed by atoms with Crippen molar-refractivity contribution >= 4 is 49.9 Å². The van der Waals surface area contributed by atoms with Crippen LogP contribution in [0.5, 0.6) is 5.75 Å². The number of benzene rings is 1. The smallest absolute Gasteiger partial charge is 0.333 e. The number of nitrogens with one attached hydrogen (secondary N) is 1. The molecule has 0 aliphatic carbocycles. The van der Waals surface area contributed by atoms with Crippen LogP contribution in [0.15, 0.2) is 58.4 Å². The monoisotopic (exact) mass is 521 g/mol. The van der Waals surface area contributed by atoms with Crippen LogP contribution in [-0.4, -0.2) is 52.9 Å². The van der Waals surface area contributed by atoms with Gasteiger partial charge in [-0.2, -0.15) is 0 Å². The number of morpholine rings is 1. The number of fused-ring (bicyclic) bond motifs is 2. The zero-order valence-electron chi connectivity index (χ0n) is 19.2. The highest BCUT2D eigenvalue weighted by Gasteiger charge is 2.19. The molecule has 1 saturated heterocycles. The summed E-state index contributed by atoms with van der Waals surface area (Å²) < 4.78 is 12.3. The number of halogens is 1. The molecule has 1 aliphatic rings. The molecule has 0 bridgehead atoms. The Morgan fingerprint density at radius 1 is 1.11 bits per heavy atom. The predicted octanol–water partition coefficient (Wildman–Crippen LogP) is 3.85. The number of hydrogen-bond donors (Lipinski definition) is 1. The van der Waals surface area contributed by atoms with Crippen molar-refractivity contribution in [3.05, 3.63) is 74.7 Å². The molecule has 0 atom stereocenters. The predicted molar refractivity (Wildman–Crippen MR) is 141 cm³/mol. The number of methoxy groups -OCH3 is 1. The lowest BCUT2D eigenvalue weighted by Crippen LogP contribution is -2.37. The third-order valence-corrected chi connectivity index (χ3v) is 7.64. The van der Waals surface area contributed by atoms with Crippen LogP contribution in [-0.2, 0) is 4.74 Å². The molecule has 6 rings (SSSR count). The van der Waals surface area contributed by atoms with Crippen molar-refractivity contribution in [1.29, 1.82) is 0 Å². The van der Waals surface area contributed by atoms with Crippen LogP contribution >= 0.6 is 22.9 Å². The van der Waals surface area contributed by atoms with Crippen LogP contribution in [0, 0.1) is 0 Å². The van der Waals surface area contributed by atoms with Gasteiger partial charge >= 0.3 is 5.69 Å². The molecule has 1 fully saturated rings. The maximum absolute atomic E-state index is 13.6. The number of pyridine rings is 2. The van der Waals surface area contributed by atoms with E-state index in [0.717, 1.165) is 33.7 Å². The number of rotatable bonds is 4. The third-order valence-electron chi connectivity index (χ3n) is 6.15. The third kappa shape index (κ3) is 3.83. The van der Waals surface area contributed by atoms with E-state index < -0.39 is 11.2 Å². The Kier molecular flexibility index (Phi) is 5.71. The van der Waals surface area contributed by atoms with Crippen molar-refractivity contribution in [2.24, 2.45) is 0 Å². The largest absolute Gasteiger partial charge is 0.497 e. The number of aromatic nitrogens is 4. The molecule has 9 nitrogen and oxygen atoms in total. The molecule has 11 heteroatoms. The minimum atomic E-state index is -0.568. The second-order valence-electron chi connectivity index (χ2n) is 8.27. The Balaban J connectivity index is 1.53. The summed E-state index contributed by atoms with van der Waals surface area (Å²) in [6.45, 7) is 2.68. The Morgan fingerprint density at radius 2 is 1.94 bits per heavy atom. The van der Waals surface area contributed by atoms with Crippen LogP contribution in [0.25, 0.3) is 37.2 Å². The fraction of sp³-hybridized carbons (Fsp3) is 0.200. The normalized spacial score (nSPS) is 14.0. The van der Waals surface area contributed by atoms with Crippen molar-refractivity contribution < 1.29 is 9.47 Å². The lowest BCUT2D eigenvalue weighted by atomic mass is 10.2. The van der Waals surface area contributed by atoms with Crippen molar-refractivity contribution in [2.45, 2.75) is 0 Å². The van der Waals surface area contributed by atoms with Gasteiger partial charge in [0, 0.05) is 40.1 Å². The summed E-state index contributed by atoms with van der Waals surface area (Å²) in [6.07, 6.45) is 3.16. The highest BCUT2D eigenvalue weighted by atomic mass is 35.5. The van der Waals surface area contributed by atoms with E-state index >= 15 is 0 Å². The molecular weight excluding hydrogens is 502 g/mol. The van der Waals surface area contributed by atoms with Gasteiger partial charge in [0.05, 0.1) is 37.7 Å². The van der Waals surface area contributed by atoms with Gasteiger partial charge in [-0.3, -0.25) is 9.78 Å². The summed E-state index contributed by atoms with van der Waals surface area (Å²) in [7, 11) is 1.57. The molecule has 1 aliphatic heterocycles. The van der Waals surface area contributed by atoms with Gasteiger partial charge in [0.1, 0.15) is 21.8 Å². The molecule has 182 valence electrons. The number of nitrogens with zero attached hydrogens (tertiary/aromatic N) is 4. The summed E-state index contributed by atoms with van der Waals surface area (Å²) in [5, 5.41) is 1.24. The Hall–Kier alpha value is -3.73. The van der Waals surface area contributed by atoms with Crippen LogP contribution in [0.4, 0.5) is 5.82 Å². The van der Waals surface area contributed by atoms with Gasteiger partial charge in [-0.25, -0.2) is 14.3 Å². The molecule has 0 saturated carbocycles. The minimum Gasteiger partial charge on any atom is -0.497 e. The lowest BCUT2D eigenvalue weighted by Gasteiger charge is -2.28. The van der Waals surface area contributed by atoms with Crippen LogP contribution in [0.2, 0.25) is 5.02 Å². The second-order valence-corrected chi connectivity index (χ2v) is 9.73. The number of ether oxygens (including phenoxy) is 2. The van der Waals surface area contributed by atoms with E-state index in [9.17, 15) is 9.59 Å². The van der Waals surface area contributed by atoms with E-state index in [0.29, 0.717) is 51.0 Å². The molecule has 0 spiro atoms. The number of hydrogen-bond acceptors (Lipinski definition) is 8. The molecule has 4 aromatic heterocycles. The first-order chi connectivity index (χ1) is 17.5. The highest BCUT2D eigenvalue weighted by molar-refractivity contribution is 7.22. The molecule has 0 radical (unpaired) electrons. The van der Waals surface area contributed by atoms with E-state index in [-0.39, 0.29) is 0 Å². The van der Waals surface area contributed by atoms with Crippen LogP contribution in [0.1, 0.15) is 0 Å². The van der Waals surface area contributed by atoms with Crippen molar-refractivity contribution in [3.8, 4) is 21.9 Å². The van der Waals surface area contributed by atoms with Gasteiger partial charge in [0.25, 0.3) is 5.56 Å². The maximum Gasteiger partial charge on any atom is 0.333 e. The van der Waals surface area contributed by atoms with E-state index in [4.69, 9.17) is 26.1 Å². The molecule has 1 aromatic carbocycles. The lowest BCUT2D eigenvalue weighted by molar-refractivity contribution is 0.122. The first kappa shape index (κ1) is 22.7. The summed E-state index contributed by atoms with van der Waals surface area (Å²) in [5.74, 6) is 1.40. The highest BCUT2D eigenvalue weighted by Crippen LogP contribution is 2.37. The van der Waals surface area contributed by atoms with Gasteiger partial charge in [-0.15, -0.1) is 11.3 Å². The summed E-state index contributed by atoms with van der Waals surface area (Å²) in [4.78, 5) is 41.6. The molecule has 5 heterocycles. The quantitative estimate of drug-likeness (QED) is 0.383. The first-order valence-electron chi connectivity index (χ1n) is 11.2. The van der Waals surface area contributed by atoms with Crippen LogP contribution in [0.3, 0.4) is 0 Å². The standard InChI is InChI=1S/C25H20ClN5O4S/c1-34-15-3-4-17(26)16(10-15)20-11-18-23(36-20)24(32)31(25(33)28-18)19-13-27-12-14-2-5-21(29-22(14)19)30-6-8-35-9-7-30/h2-5,10-13H,6-9H2,1H3,(H,28,33). The van der Waals surface area contributed by atoms with Crippen molar-refractivity contribution in [3.63, 3.8) is 0 Å². The topological polar surface area (TPSA) is 102 Å². The van der Waals surface area contributed by atoms with Crippen molar-refractivity contribution in [1.82, 2.24) is 19.5 Å². The average Bonchev–Trinajstić information content (AvgIpc) is 3.33. The molecule has 5 aromatic rings. The van der Waals surface area contributed by atoms with Gasteiger partial charge in [0.2, 0.25) is 0 Å². The summed E-state index contributed by atoms with van der Waals surface area (Å²) in [5.41, 5.74) is 0.986. The van der Waals surface area contributed by atoms with Crippen LogP contribution < -0.4 is 20.9 Å². The van der Waals surface area contributed by atoms with Gasteiger partial charge in [-0.05, 0) is 36.4 Å². The Morgan fingerprint density at radius 3 is 2.75 bits per heavy atom. The number of aromatic amines is 1. The Bertz CT molecular complexity index is 1740.